The Morgan fingerprint density at radius 2 is 2.04 bits per heavy atom. The molecule has 0 saturated heterocycles. The lowest BCUT2D eigenvalue weighted by molar-refractivity contribution is -0.165. The van der Waals surface area contributed by atoms with Crippen LogP contribution in [0.3, 0.4) is 0 Å². The molecule has 2 aromatic rings. The van der Waals surface area contributed by atoms with Gasteiger partial charge in [0.15, 0.2) is 0 Å². The van der Waals surface area contributed by atoms with Crippen molar-refractivity contribution in [2.75, 3.05) is 12.1 Å². The molecule has 0 fully saturated rings. The SMILES string of the molecule is Cc1cc(F)cc(-n2cccn2)c1N1N(C)C=C(C(N)=O)C1(C#N)C(F)(F)F. The molecule has 1 aliphatic heterocycles. The minimum atomic E-state index is -5.20. The molecule has 146 valence electrons. The number of amides is 1. The third-order valence-electron chi connectivity index (χ3n) is 4.38. The van der Waals surface area contributed by atoms with E-state index >= 15 is 0 Å². The van der Waals surface area contributed by atoms with E-state index in [-0.39, 0.29) is 16.9 Å². The lowest BCUT2D eigenvalue weighted by atomic mass is 9.89. The number of hydrazine groups is 1. The number of anilines is 1. The molecule has 1 aromatic carbocycles. The number of nitrogens with two attached hydrogens (primary N) is 1. The first-order chi connectivity index (χ1) is 13.0. The molecule has 1 unspecified atom stereocenters. The fourth-order valence-electron chi connectivity index (χ4n) is 3.28. The monoisotopic (exact) mass is 394 g/mol. The van der Waals surface area contributed by atoms with E-state index in [9.17, 15) is 27.6 Å². The van der Waals surface area contributed by atoms with E-state index in [0.29, 0.717) is 5.01 Å². The van der Waals surface area contributed by atoms with Gasteiger partial charge in [0.05, 0.1) is 16.9 Å². The summed E-state index contributed by atoms with van der Waals surface area (Å²) in [5.74, 6) is -2.10. The Balaban J connectivity index is 2.38. The van der Waals surface area contributed by atoms with Crippen molar-refractivity contribution in [2.45, 2.75) is 18.6 Å². The van der Waals surface area contributed by atoms with Crippen LogP contribution in [0.15, 0.2) is 42.4 Å². The molecular formula is C17H14F4N6O. The number of hydrogen-bond acceptors (Lipinski definition) is 5. The van der Waals surface area contributed by atoms with Gasteiger partial charge in [-0.05, 0) is 24.6 Å². The molecule has 28 heavy (non-hydrogen) atoms. The van der Waals surface area contributed by atoms with Crippen molar-refractivity contribution in [1.29, 1.82) is 5.26 Å². The molecule has 0 aliphatic carbocycles. The highest BCUT2D eigenvalue weighted by Gasteiger charge is 2.68. The molecule has 11 heteroatoms. The largest absolute Gasteiger partial charge is 0.431 e. The van der Waals surface area contributed by atoms with E-state index in [0.717, 1.165) is 23.3 Å². The summed E-state index contributed by atoms with van der Waals surface area (Å²) in [7, 11) is 1.23. The Kier molecular flexibility index (Phi) is 4.30. The standard InChI is InChI=1S/C17H14F4N6O/c1-10-6-11(18)7-13(26-5-3-4-24-26)14(10)27-16(9-22,17(19,20)21)12(15(23)28)8-25(27)2/h3-8H,1-2H3,(H2,23,28). The zero-order chi connectivity index (χ0) is 20.9. The summed E-state index contributed by atoms with van der Waals surface area (Å²) >= 11 is 0. The number of carbonyl (C=O) groups is 1. The smallest absolute Gasteiger partial charge is 0.366 e. The minimum Gasteiger partial charge on any atom is -0.366 e. The number of nitriles is 1. The third kappa shape index (κ3) is 2.57. The topological polar surface area (TPSA) is 91.2 Å². The van der Waals surface area contributed by atoms with Crippen LogP contribution in [-0.4, -0.2) is 39.5 Å². The molecule has 1 aromatic heterocycles. The van der Waals surface area contributed by atoms with Crippen LogP contribution in [-0.2, 0) is 4.79 Å². The summed E-state index contributed by atoms with van der Waals surface area (Å²) < 4.78 is 57.8. The number of benzene rings is 1. The number of halogens is 4. The van der Waals surface area contributed by atoms with Crippen molar-refractivity contribution in [1.82, 2.24) is 14.8 Å². The summed E-state index contributed by atoms with van der Waals surface area (Å²) in [6.07, 6.45) is -1.58. The van der Waals surface area contributed by atoms with E-state index in [1.165, 1.54) is 43.2 Å². The van der Waals surface area contributed by atoms with Crippen LogP contribution < -0.4 is 10.7 Å². The number of aryl methyl sites for hydroxylation is 1. The molecule has 1 aliphatic rings. The van der Waals surface area contributed by atoms with E-state index < -0.39 is 29.0 Å². The Bertz CT molecular complexity index is 1010. The van der Waals surface area contributed by atoms with Gasteiger partial charge in [0.2, 0.25) is 5.91 Å². The number of carbonyl (C=O) groups excluding carboxylic acids is 1. The maximum atomic E-state index is 14.2. The van der Waals surface area contributed by atoms with Gasteiger partial charge in [-0.2, -0.15) is 23.5 Å². The predicted octanol–water partition coefficient (Wildman–Crippen LogP) is 2.18. The summed E-state index contributed by atoms with van der Waals surface area (Å²) in [6.45, 7) is 1.39. The Morgan fingerprint density at radius 1 is 1.36 bits per heavy atom. The number of alkyl halides is 3. The highest BCUT2D eigenvalue weighted by Crippen LogP contribution is 2.49. The Morgan fingerprint density at radius 3 is 2.54 bits per heavy atom. The fourth-order valence-corrected chi connectivity index (χ4v) is 3.28. The van der Waals surface area contributed by atoms with Crippen molar-refractivity contribution < 1.29 is 22.4 Å². The fraction of sp³-hybridized carbons (Fsp3) is 0.235. The molecule has 1 atom stereocenters. The van der Waals surface area contributed by atoms with Crippen LogP contribution in [0.2, 0.25) is 0 Å². The van der Waals surface area contributed by atoms with Gasteiger partial charge in [-0.15, -0.1) is 0 Å². The van der Waals surface area contributed by atoms with Crippen LogP contribution in [0.4, 0.5) is 23.2 Å². The quantitative estimate of drug-likeness (QED) is 0.806. The molecule has 2 N–H and O–H groups in total. The normalized spacial score (nSPS) is 19.5. The van der Waals surface area contributed by atoms with Crippen LogP contribution >= 0.6 is 0 Å². The van der Waals surface area contributed by atoms with Crippen molar-refractivity contribution in [3.8, 4) is 11.8 Å². The van der Waals surface area contributed by atoms with E-state index in [2.05, 4.69) is 5.10 Å². The Labute approximate surface area is 156 Å². The van der Waals surface area contributed by atoms with Crippen molar-refractivity contribution in [3.05, 3.63) is 53.7 Å². The zero-order valence-corrected chi connectivity index (χ0v) is 14.7. The van der Waals surface area contributed by atoms with Crippen LogP contribution in [0.25, 0.3) is 5.69 Å². The summed E-state index contributed by atoms with van der Waals surface area (Å²) in [6, 6.07) is 4.73. The minimum absolute atomic E-state index is 0.0441. The maximum Gasteiger partial charge on any atom is 0.431 e. The van der Waals surface area contributed by atoms with Gasteiger partial charge in [0, 0.05) is 31.7 Å². The van der Waals surface area contributed by atoms with Crippen molar-refractivity contribution in [3.63, 3.8) is 0 Å². The summed E-state index contributed by atoms with van der Waals surface area (Å²) in [5, 5.41) is 15.1. The molecule has 2 heterocycles. The van der Waals surface area contributed by atoms with Gasteiger partial charge in [0.1, 0.15) is 11.9 Å². The second kappa shape index (κ2) is 6.26. The average Bonchev–Trinajstić information content (AvgIpc) is 3.20. The first kappa shape index (κ1) is 19.2. The number of hydrogen-bond donors (Lipinski definition) is 1. The molecule has 0 saturated carbocycles. The first-order valence-corrected chi connectivity index (χ1v) is 7.88. The van der Waals surface area contributed by atoms with Crippen LogP contribution in [0.1, 0.15) is 5.56 Å². The Hall–Kier alpha value is -3.55. The van der Waals surface area contributed by atoms with Gasteiger partial charge in [0.25, 0.3) is 5.54 Å². The molecule has 0 spiro atoms. The molecule has 3 rings (SSSR count). The number of nitrogens with zero attached hydrogens (tertiary/aromatic N) is 5. The third-order valence-corrected chi connectivity index (χ3v) is 4.38. The molecular weight excluding hydrogens is 380 g/mol. The lowest BCUT2D eigenvalue weighted by Gasteiger charge is -2.41. The van der Waals surface area contributed by atoms with Gasteiger partial charge in [-0.1, -0.05) is 0 Å². The summed E-state index contributed by atoms with van der Waals surface area (Å²) in [4.78, 5) is 11.8. The lowest BCUT2D eigenvalue weighted by Crippen LogP contribution is -2.61. The molecule has 7 nitrogen and oxygen atoms in total. The molecule has 1 amide bonds. The first-order valence-electron chi connectivity index (χ1n) is 7.88. The number of rotatable bonds is 3. The zero-order valence-electron chi connectivity index (χ0n) is 14.7. The van der Waals surface area contributed by atoms with Gasteiger partial charge in [-0.3, -0.25) is 9.80 Å². The van der Waals surface area contributed by atoms with Crippen LogP contribution in [0, 0.1) is 24.1 Å². The predicted molar refractivity (Wildman–Crippen MR) is 90.2 cm³/mol. The second-order valence-corrected chi connectivity index (χ2v) is 6.15. The van der Waals surface area contributed by atoms with Gasteiger partial charge in [-0.25, -0.2) is 14.1 Å². The van der Waals surface area contributed by atoms with Crippen molar-refractivity contribution in [2.24, 2.45) is 5.73 Å². The summed E-state index contributed by atoms with van der Waals surface area (Å²) in [5.41, 5.74) is 0.718. The number of primary amides is 1. The van der Waals surface area contributed by atoms with Gasteiger partial charge < -0.3 is 5.73 Å². The highest BCUT2D eigenvalue weighted by atomic mass is 19.4. The second-order valence-electron chi connectivity index (χ2n) is 6.15. The maximum absolute atomic E-state index is 14.2. The van der Waals surface area contributed by atoms with E-state index in [1.54, 1.807) is 0 Å². The molecule has 0 bridgehead atoms. The van der Waals surface area contributed by atoms with Crippen LogP contribution in [0.5, 0.6) is 0 Å². The van der Waals surface area contributed by atoms with Crippen molar-refractivity contribution >= 4 is 11.6 Å². The van der Waals surface area contributed by atoms with E-state index in [4.69, 9.17) is 5.73 Å². The average molecular weight is 394 g/mol. The molecule has 0 radical (unpaired) electrons. The highest BCUT2D eigenvalue weighted by molar-refractivity contribution is 5.98. The number of aromatic nitrogens is 2. The van der Waals surface area contributed by atoms with Gasteiger partial charge >= 0.3 is 6.18 Å². The van der Waals surface area contributed by atoms with E-state index in [1.807, 2.05) is 0 Å².